The predicted molar refractivity (Wildman–Crippen MR) is 57.4 cm³/mol. The zero-order chi connectivity index (χ0) is 10.4. The van der Waals surface area contributed by atoms with Crippen molar-refractivity contribution in [2.24, 2.45) is 0 Å². The first-order valence-electron chi connectivity index (χ1n) is 5.51. The number of hydrogen-bond acceptors (Lipinski definition) is 3. The summed E-state index contributed by atoms with van der Waals surface area (Å²) < 4.78 is 0. The Hall–Kier alpha value is -1.06. The van der Waals surface area contributed by atoms with Gasteiger partial charge in [-0.3, -0.25) is 0 Å². The topological polar surface area (TPSA) is 62.4 Å². The van der Waals surface area contributed by atoms with Crippen molar-refractivity contribution >= 4 is 0 Å². The maximum atomic E-state index is 10.0. The summed E-state index contributed by atoms with van der Waals surface area (Å²) in [7, 11) is 0. The summed E-state index contributed by atoms with van der Waals surface area (Å²) in [5.41, 5.74) is 1.73. The maximum Gasteiger partial charge on any atom is 0.118 e. The van der Waals surface area contributed by atoms with Crippen LogP contribution in [0.15, 0.2) is 35.1 Å². The first-order valence-corrected chi connectivity index (χ1v) is 5.51. The summed E-state index contributed by atoms with van der Waals surface area (Å²) in [4.78, 5) is 0. The normalized spacial score (nSPS) is 38.7. The quantitative estimate of drug-likeness (QED) is 0.563. The van der Waals surface area contributed by atoms with Crippen molar-refractivity contribution in [3.8, 4) is 0 Å². The fraction of sp³-hybridized carbons (Fsp3) is 0.500. The van der Waals surface area contributed by atoms with Gasteiger partial charge in [0, 0.05) is 11.6 Å². The third-order valence-corrected chi connectivity index (χ3v) is 3.42. The van der Waals surface area contributed by atoms with E-state index in [0.717, 1.165) is 30.4 Å². The minimum Gasteiger partial charge on any atom is -0.508 e. The van der Waals surface area contributed by atoms with Crippen LogP contribution >= 0.6 is 0 Å². The third kappa shape index (κ3) is 1.43. The number of fused-ring (bicyclic) bond motifs is 1. The van der Waals surface area contributed by atoms with Crippen LogP contribution in [0, 0.1) is 0 Å². The van der Waals surface area contributed by atoms with Crippen LogP contribution in [0.4, 0.5) is 0 Å². The second-order valence-corrected chi connectivity index (χ2v) is 4.42. The molecule has 1 unspecified atom stereocenters. The first-order chi connectivity index (χ1) is 7.27. The van der Waals surface area contributed by atoms with Crippen LogP contribution in [0.25, 0.3) is 0 Å². The molecule has 80 valence electrons. The van der Waals surface area contributed by atoms with Gasteiger partial charge in [-0.1, -0.05) is 12.2 Å². The van der Waals surface area contributed by atoms with Crippen molar-refractivity contribution in [3.63, 3.8) is 0 Å². The van der Waals surface area contributed by atoms with Crippen LogP contribution in [0.2, 0.25) is 0 Å². The van der Waals surface area contributed by atoms with Gasteiger partial charge in [-0.15, -0.1) is 0 Å². The zero-order valence-corrected chi connectivity index (χ0v) is 8.48. The lowest BCUT2D eigenvalue weighted by atomic mass is 9.87. The molecular formula is C12H15NO2. The molecule has 2 aliphatic carbocycles. The van der Waals surface area contributed by atoms with Gasteiger partial charge in [-0.05, 0) is 30.9 Å². The molecule has 3 nitrogen and oxygen atoms in total. The smallest absolute Gasteiger partial charge is 0.118 e. The Balaban J connectivity index is 1.90. The Kier molecular flexibility index (Phi) is 1.97. The number of nitrogens with one attached hydrogen (secondary N) is 1. The molecule has 0 aromatic heterocycles. The van der Waals surface area contributed by atoms with Crippen molar-refractivity contribution in [1.82, 2.24) is 5.32 Å². The molecule has 0 saturated carbocycles. The molecule has 15 heavy (non-hydrogen) atoms. The van der Waals surface area contributed by atoms with E-state index < -0.39 is 6.10 Å². The molecule has 0 radical (unpaired) electrons. The maximum absolute atomic E-state index is 10.0. The van der Waals surface area contributed by atoms with Crippen LogP contribution < -0.4 is 5.32 Å². The van der Waals surface area contributed by atoms with Crippen LogP contribution in [0.5, 0.6) is 0 Å². The van der Waals surface area contributed by atoms with Crippen LogP contribution in [-0.2, 0) is 0 Å². The highest BCUT2D eigenvalue weighted by molar-refractivity contribution is 5.49. The highest BCUT2D eigenvalue weighted by atomic mass is 16.3. The average Bonchev–Trinajstić information content (AvgIpc) is 3.00. The highest BCUT2D eigenvalue weighted by Gasteiger charge is 2.46. The summed E-state index contributed by atoms with van der Waals surface area (Å²) >= 11 is 0. The zero-order valence-electron chi connectivity index (χ0n) is 8.48. The monoisotopic (exact) mass is 205 g/mol. The number of aliphatic hydroxyl groups is 2. The second kappa shape index (κ2) is 3.22. The summed E-state index contributed by atoms with van der Waals surface area (Å²) in [6.07, 6.45) is 8.24. The SMILES string of the molecule is OC1=CCCC=C1C1=CC[C@H]2N[C@H]2C1O. The lowest BCUT2D eigenvalue weighted by molar-refractivity contribution is 0.203. The van der Waals surface area contributed by atoms with Gasteiger partial charge in [-0.2, -0.15) is 0 Å². The molecule has 3 heteroatoms. The molecule has 3 aliphatic rings. The summed E-state index contributed by atoms with van der Waals surface area (Å²) in [5.74, 6) is 0.325. The van der Waals surface area contributed by atoms with Crippen LogP contribution in [0.1, 0.15) is 19.3 Å². The van der Waals surface area contributed by atoms with Crippen molar-refractivity contribution in [2.45, 2.75) is 37.5 Å². The molecule has 3 rings (SSSR count). The average molecular weight is 205 g/mol. The van der Waals surface area contributed by atoms with E-state index in [1.54, 1.807) is 0 Å². The molecular weight excluding hydrogens is 190 g/mol. The summed E-state index contributed by atoms with van der Waals surface area (Å²) in [6, 6.07) is 0.666. The van der Waals surface area contributed by atoms with E-state index in [9.17, 15) is 10.2 Å². The lowest BCUT2D eigenvalue weighted by Crippen LogP contribution is -2.25. The molecule has 1 saturated heterocycles. The first kappa shape index (κ1) is 9.19. The Morgan fingerprint density at radius 3 is 2.80 bits per heavy atom. The molecule has 0 aromatic carbocycles. The summed E-state index contributed by atoms with van der Waals surface area (Å²) in [6.45, 7) is 0. The molecule has 1 heterocycles. The summed E-state index contributed by atoms with van der Waals surface area (Å²) in [5, 5.41) is 23.0. The molecule has 0 aromatic rings. The highest BCUT2D eigenvalue weighted by Crippen LogP contribution is 2.35. The Bertz CT molecular complexity index is 381. The van der Waals surface area contributed by atoms with E-state index in [4.69, 9.17) is 0 Å². The van der Waals surface area contributed by atoms with E-state index in [2.05, 4.69) is 5.32 Å². The van der Waals surface area contributed by atoms with E-state index >= 15 is 0 Å². The van der Waals surface area contributed by atoms with E-state index in [1.165, 1.54) is 0 Å². The minimum absolute atomic E-state index is 0.209. The number of allylic oxidation sites excluding steroid dienone is 3. The largest absolute Gasteiger partial charge is 0.508 e. The second-order valence-electron chi connectivity index (χ2n) is 4.42. The van der Waals surface area contributed by atoms with E-state index in [-0.39, 0.29) is 6.04 Å². The fourth-order valence-electron chi connectivity index (χ4n) is 2.48. The van der Waals surface area contributed by atoms with Gasteiger partial charge in [0.15, 0.2) is 0 Å². The minimum atomic E-state index is -0.455. The van der Waals surface area contributed by atoms with Gasteiger partial charge in [0.05, 0.1) is 12.1 Å². The Morgan fingerprint density at radius 1 is 1.20 bits per heavy atom. The van der Waals surface area contributed by atoms with Gasteiger partial charge >= 0.3 is 0 Å². The van der Waals surface area contributed by atoms with Gasteiger partial charge < -0.3 is 15.5 Å². The molecule has 0 spiro atoms. The molecule has 3 atom stereocenters. The predicted octanol–water partition coefficient (Wildman–Crippen LogP) is 1.18. The van der Waals surface area contributed by atoms with Crippen molar-refractivity contribution in [2.75, 3.05) is 0 Å². The molecule has 1 aliphatic heterocycles. The number of hydrogen-bond donors (Lipinski definition) is 3. The van der Waals surface area contributed by atoms with Crippen LogP contribution in [0.3, 0.4) is 0 Å². The van der Waals surface area contributed by atoms with E-state index in [1.807, 2.05) is 18.2 Å². The van der Waals surface area contributed by atoms with Gasteiger partial charge in [0.25, 0.3) is 0 Å². The van der Waals surface area contributed by atoms with Crippen molar-refractivity contribution in [3.05, 3.63) is 35.1 Å². The number of rotatable bonds is 1. The van der Waals surface area contributed by atoms with E-state index in [0.29, 0.717) is 11.8 Å². The Morgan fingerprint density at radius 2 is 2.00 bits per heavy atom. The van der Waals surface area contributed by atoms with Crippen LogP contribution in [-0.4, -0.2) is 28.4 Å². The van der Waals surface area contributed by atoms with Crippen molar-refractivity contribution in [1.29, 1.82) is 0 Å². The molecule has 0 amide bonds. The van der Waals surface area contributed by atoms with Gasteiger partial charge in [0.1, 0.15) is 5.76 Å². The van der Waals surface area contributed by atoms with Crippen molar-refractivity contribution < 1.29 is 10.2 Å². The molecule has 0 bridgehead atoms. The standard InChI is InChI=1S/C12H15NO2/c14-10-4-2-1-3-7(10)8-5-6-9-11(13-9)12(8)15/h3-5,9,11-15H,1-2,6H2/t9-,11-,12?/m1/s1. The Labute approximate surface area is 88.8 Å². The lowest BCUT2D eigenvalue weighted by Gasteiger charge is -2.22. The fourth-order valence-corrected chi connectivity index (χ4v) is 2.48. The molecule has 1 fully saturated rings. The van der Waals surface area contributed by atoms with Gasteiger partial charge in [-0.25, -0.2) is 0 Å². The third-order valence-electron chi connectivity index (χ3n) is 3.42. The molecule has 3 N–H and O–H groups in total. The van der Waals surface area contributed by atoms with Gasteiger partial charge in [0.2, 0.25) is 0 Å². The number of aliphatic hydroxyl groups excluding tert-OH is 2.